The van der Waals surface area contributed by atoms with Gasteiger partial charge in [0.2, 0.25) is 0 Å². The van der Waals surface area contributed by atoms with Crippen LogP contribution in [0.5, 0.6) is 5.75 Å². The van der Waals surface area contributed by atoms with E-state index in [0.717, 1.165) is 14.8 Å². The quantitative estimate of drug-likeness (QED) is 0.407. The summed E-state index contributed by atoms with van der Waals surface area (Å²) >= 11 is 2.23. The molecule has 0 aromatic heterocycles. The second kappa shape index (κ2) is 7.53. The van der Waals surface area contributed by atoms with Crippen LogP contribution in [0.25, 0.3) is 6.08 Å². The van der Waals surface area contributed by atoms with Gasteiger partial charge in [-0.05, 0) is 77.6 Å². The van der Waals surface area contributed by atoms with E-state index in [1.807, 2.05) is 61.5 Å². The third-order valence-electron chi connectivity index (χ3n) is 3.63. The van der Waals surface area contributed by atoms with Gasteiger partial charge in [-0.15, -0.1) is 6.42 Å². The summed E-state index contributed by atoms with van der Waals surface area (Å²) in [6, 6.07) is 15.1. The highest BCUT2D eigenvalue weighted by atomic mass is 127. The molecule has 0 fully saturated rings. The molecule has 0 bridgehead atoms. The third-order valence-corrected chi connectivity index (χ3v) is 4.34. The van der Waals surface area contributed by atoms with Gasteiger partial charge in [0.05, 0.1) is 17.0 Å². The summed E-state index contributed by atoms with van der Waals surface area (Å²) in [5.74, 6) is 2.96. The molecular formula is C20H15IN2O2. The van der Waals surface area contributed by atoms with Crippen molar-refractivity contribution in [2.75, 3.05) is 11.6 Å². The summed E-state index contributed by atoms with van der Waals surface area (Å²) in [6.07, 6.45) is 7.03. The van der Waals surface area contributed by atoms with Gasteiger partial charge in [0, 0.05) is 3.57 Å². The van der Waals surface area contributed by atoms with Crippen molar-refractivity contribution >= 4 is 46.0 Å². The highest BCUT2D eigenvalue weighted by Gasteiger charge is 2.28. The number of ether oxygens (including phenoxy) is 1. The molecule has 25 heavy (non-hydrogen) atoms. The Morgan fingerprint density at radius 1 is 1.28 bits per heavy atom. The number of hydrogen-bond acceptors (Lipinski definition) is 3. The summed E-state index contributed by atoms with van der Waals surface area (Å²) in [7, 11) is 0. The zero-order valence-electron chi connectivity index (χ0n) is 13.6. The molecule has 2 aromatic carbocycles. The summed E-state index contributed by atoms with van der Waals surface area (Å²) in [4.78, 5) is 12.7. The first-order valence-electron chi connectivity index (χ1n) is 7.62. The molecule has 4 nitrogen and oxygen atoms in total. The number of halogens is 1. The minimum Gasteiger partial charge on any atom is -0.481 e. The summed E-state index contributed by atoms with van der Waals surface area (Å²) in [5, 5.41) is 5.82. The lowest BCUT2D eigenvalue weighted by molar-refractivity contribution is -0.114. The van der Waals surface area contributed by atoms with Crippen molar-refractivity contribution in [1.29, 1.82) is 0 Å². The fraction of sp³-hybridized carbons (Fsp3) is 0.100. The molecule has 0 saturated carbocycles. The Hall–Kier alpha value is -2.59. The largest absolute Gasteiger partial charge is 0.481 e. The maximum atomic E-state index is 12.7. The zero-order chi connectivity index (χ0) is 17.8. The number of terminal acetylenes is 1. The molecule has 0 radical (unpaired) electrons. The molecule has 0 N–H and O–H groups in total. The van der Waals surface area contributed by atoms with Gasteiger partial charge in [-0.1, -0.05) is 18.1 Å². The van der Waals surface area contributed by atoms with Crippen molar-refractivity contribution in [3.05, 3.63) is 63.2 Å². The minimum absolute atomic E-state index is 0.145. The number of amides is 1. The number of nitrogens with zero attached hydrogens (tertiary/aromatic N) is 2. The van der Waals surface area contributed by atoms with Gasteiger partial charge >= 0.3 is 0 Å². The van der Waals surface area contributed by atoms with Gasteiger partial charge < -0.3 is 4.74 Å². The Labute approximate surface area is 160 Å². The highest BCUT2D eigenvalue weighted by molar-refractivity contribution is 14.1. The van der Waals surface area contributed by atoms with Crippen LogP contribution >= 0.6 is 22.6 Å². The van der Waals surface area contributed by atoms with Crippen molar-refractivity contribution in [2.24, 2.45) is 5.10 Å². The van der Waals surface area contributed by atoms with E-state index in [4.69, 9.17) is 11.2 Å². The van der Waals surface area contributed by atoms with E-state index >= 15 is 0 Å². The van der Waals surface area contributed by atoms with E-state index in [2.05, 4.69) is 33.6 Å². The number of anilines is 1. The van der Waals surface area contributed by atoms with Crippen LogP contribution in [0, 0.1) is 15.9 Å². The normalized spacial score (nSPS) is 15.2. The predicted octanol–water partition coefficient (Wildman–Crippen LogP) is 4.11. The molecular weight excluding hydrogens is 427 g/mol. The molecule has 0 atom stereocenters. The number of hydrogen-bond donors (Lipinski definition) is 0. The molecule has 0 unspecified atom stereocenters. The molecule has 5 heteroatoms. The SMILES string of the molecule is C#CCOc1cccc(C=C2C(=O)N(c3ccc(I)cc3)N=C2C)c1. The van der Waals surface area contributed by atoms with Gasteiger partial charge in [0.1, 0.15) is 12.4 Å². The van der Waals surface area contributed by atoms with Crippen LogP contribution in [-0.4, -0.2) is 18.2 Å². The molecule has 0 aliphatic carbocycles. The first-order chi connectivity index (χ1) is 12.1. The Morgan fingerprint density at radius 3 is 2.76 bits per heavy atom. The van der Waals surface area contributed by atoms with Crippen LogP contribution in [0.4, 0.5) is 5.69 Å². The lowest BCUT2D eigenvalue weighted by Gasteiger charge is -2.11. The van der Waals surface area contributed by atoms with Gasteiger partial charge in [0.15, 0.2) is 0 Å². The highest BCUT2D eigenvalue weighted by Crippen LogP contribution is 2.26. The molecule has 3 rings (SSSR count). The molecule has 1 heterocycles. The molecule has 124 valence electrons. The fourth-order valence-electron chi connectivity index (χ4n) is 2.43. The third kappa shape index (κ3) is 3.91. The molecule has 2 aromatic rings. The van der Waals surface area contributed by atoms with E-state index < -0.39 is 0 Å². The van der Waals surface area contributed by atoms with E-state index in [1.54, 1.807) is 0 Å². The van der Waals surface area contributed by atoms with Gasteiger partial charge in [-0.3, -0.25) is 4.79 Å². The van der Waals surface area contributed by atoms with Gasteiger partial charge in [-0.2, -0.15) is 10.1 Å². The first-order valence-corrected chi connectivity index (χ1v) is 8.70. The average molecular weight is 442 g/mol. The summed E-state index contributed by atoms with van der Waals surface area (Å²) in [5.41, 5.74) is 2.85. The lowest BCUT2D eigenvalue weighted by Crippen LogP contribution is -2.21. The van der Waals surface area contributed by atoms with Crippen molar-refractivity contribution in [2.45, 2.75) is 6.92 Å². The van der Waals surface area contributed by atoms with E-state index in [9.17, 15) is 4.79 Å². The van der Waals surface area contributed by atoms with Crippen LogP contribution in [-0.2, 0) is 4.79 Å². The first kappa shape index (κ1) is 17.2. The maximum Gasteiger partial charge on any atom is 0.280 e. The molecule has 1 amide bonds. The van der Waals surface area contributed by atoms with Crippen LogP contribution in [0.3, 0.4) is 0 Å². The number of benzene rings is 2. The second-order valence-electron chi connectivity index (χ2n) is 5.40. The molecule has 1 aliphatic rings. The molecule has 0 spiro atoms. The van der Waals surface area contributed by atoms with Crippen LogP contribution < -0.4 is 9.75 Å². The molecule has 1 aliphatic heterocycles. The van der Waals surface area contributed by atoms with Crippen LogP contribution in [0.1, 0.15) is 12.5 Å². The number of rotatable bonds is 4. The van der Waals surface area contributed by atoms with Crippen molar-refractivity contribution in [3.63, 3.8) is 0 Å². The van der Waals surface area contributed by atoms with Crippen molar-refractivity contribution in [1.82, 2.24) is 0 Å². The number of carbonyl (C=O) groups is 1. The molecule has 0 saturated heterocycles. The Balaban J connectivity index is 1.87. The van der Waals surface area contributed by atoms with Crippen molar-refractivity contribution in [3.8, 4) is 18.1 Å². The summed E-state index contributed by atoms with van der Waals surface area (Å²) < 4.78 is 6.53. The number of carbonyl (C=O) groups excluding carboxylic acids is 1. The Morgan fingerprint density at radius 2 is 2.04 bits per heavy atom. The maximum absolute atomic E-state index is 12.7. The van der Waals surface area contributed by atoms with Gasteiger partial charge in [-0.25, -0.2) is 0 Å². The van der Waals surface area contributed by atoms with E-state index in [0.29, 0.717) is 17.0 Å². The number of hydrazone groups is 1. The Bertz CT molecular complexity index is 908. The minimum atomic E-state index is -0.145. The van der Waals surface area contributed by atoms with E-state index in [-0.39, 0.29) is 12.5 Å². The predicted molar refractivity (Wildman–Crippen MR) is 109 cm³/mol. The monoisotopic (exact) mass is 442 g/mol. The fourth-order valence-corrected chi connectivity index (χ4v) is 2.79. The van der Waals surface area contributed by atoms with Gasteiger partial charge in [0.25, 0.3) is 5.91 Å². The topological polar surface area (TPSA) is 41.9 Å². The Kier molecular flexibility index (Phi) is 5.19. The van der Waals surface area contributed by atoms with Crippen LogP contribution in [0.2, 0.25) is 0 Å². The zero-order valence-corrected chi connectivity index (χ0v) is 15.7. The lowest BCUT2D eigenvalue weighted by atomic mass is 10.1. The van der Waals surface area contributed by atoms with Crippen LogP contribution in [0.15, 0.2) is 59.2 Å². The van der Waals surface area contributed by atoms with Crippen molar-refractivity contribution < 1.29 is 9.53 Å². The average Bonchev–Trinajstić information content (AvgIpc) is 2.89. The standard InChI is InChI=1S/C20H15IN2O2/c1-3-11-25-18-6-4-5-15(12-18)13-19-14(2)22-23(20(19)24)17-9-7-16(21)8-10-17/h1,4-10,12-13H,11H2,2H3. The summed E-state index contributed by atoms with van der Waals surface area (Å²) in [6.45, 7) is 2.04. The second-order valence-corrected chi connectivity index (χ2v) is 6.65. The smallest absolute Gasteiger partial charge is 0.280 e. The van der Waals surface area contributed by atoms with E-state index in [1.165, 1.54) is 5.01 Å².